The van der Waals surface area contributed by atoms with Gasteiger partial charge in [0.25, 0.3) is 5.91 Å². The topological polar surface area (TPSA) is 66.5 Å². The van der Waals surface area contributed by atoms with Crippen molar-refractivity contribution in [1.29, 1.82) is 0 Å². The van der Waals surface area contributed by atoms with Crippen molar-refractivity contribution in [3.8, 4) is 0 Å². The molecule has 1 saturated heterocycles. The van der Waals surface area contributed by atoms with Crippen LogP contribution in [0.1, 0.15) is 28.8 Å². The van der Waals surface area contributed by atoms with Crippen LogP contribution in [0.4, 0.5) is 24.5 Å². The summed E-state index contributed by atoms with van der Waals surface area (Å²) in [6, 6.07) is 8.80. The molecule has 1 fully saturated rings. The van der Waals surface area contributed by atoms with E-state index in [9.17, 15) is 26.4 Å². The summed E-state index contributed by atoms with van der Waals surface area (Å²) in [6.45, 7) is 1.35. The van der Waals surface area contributed by atoms with Crippen LogP contribution in [0, 0.1) is 0 Å². The van der Waals surface area contributed by atoms with E-state index in [1.807, 2.05) is 4.90 Å². The first-order chi connectivity index (χ1) is 13.1. The first-order valence-electron chi connectivity index (χ1n) is 8.64. The van der Waals surface area contributed by atoms with E-state index in [4.69, 9.17) is 0 Å². The lowest BCUT2D eigenvalue weighted by atomic mass is 10.1. The minimum atomic E-state index is -4.56. The van der Waals surface area contributed by atoms with Crippen molar-refractivity contribution in [2.75, 3.05) is 29.6 Å². The predicted octanol–water partition coefficient (Wildman–Crippen LogP) is 3.96. The van der Waals surface area contributed by atoms with Crippen LogP contribution in [0.2, 0.25) is 0 Å². The minimum Gasteiger partial charge on any atom is -0.370 e. The molecule has 2 aromatic carbocycles. The highest BCUT2D eigenvalue weighted by atomic mass is 32.2. The van der Waals surface area contributed by atoms with Crippen LogP contribution in [0.15, 0.2) is 47.4 Å². The third kappa shape index (κ3) is 4.30. The number of halogens is 3. The molecule has 0 bridgehead atoms. The molecule has 0 saturated carbocycles. The Bertz CT molecular complexity index is 998. The molecular formula is C19H19F3N2O3S. The molecule has 0 spiro atoms. The molecular weight excluding hydrogens is 393 g/mol. The summed E-state index contributed by atoms with van der Waals surface area (Å²) >= 11 is 0. The SMILES string of the molecule is CS(=O)(=O)c1ccccc1C(=O)Nc1cc(C(F)(F)F)ccc1N1CCCC1. The molecule has 1 amide bonds. The van der Waals surface area contributed by atoms with Gasteiger partial charge in [-0.3, -0.25) is 4.79 Å². The average Bonchev–Trinajstić information content (AvgIpc) is 3.14. The highest BCUT2D eigenvalue weighted by molar-refractivity contribution is 7.90. The summed E-state index contributed by atoms with van der Waals surface area (Å²) in [7, 11) is -3.68. The molecule has 1 heterocycles. The maximum absolute atomic E-state index is 13.2. The molecule has 28 heavy (non-hydrogen) atoms. The number of nitrogens with zero attached hydrogens (tertiary/aromatic N) is 1. The van der Waals surface area contributed by atoms with Crippen molar-refractivity contribution in [3.05, 3.63) is 53.6 Å². The highest BCUT2D eigenvalue weighted by Crippen LogP contribution is 2.36. The van der Waals surface area contributed by atoms with Gasteiger partial charge in [-0.15, -0.1) is 0 Å². The second-order valence-electron chi connectivity index (χ2n) is 6.65. The molecule has 1 aliphatic rings. The van der Waals surface area contributed by atoms with Gasteiger partial charge >= 0.3 is 6.18 Å². The smallest absolute Gasteiger partial charge is 0.370 e. The summed E-state index contributed by atoms with van der Waals surface area (Å²) in [4.78, 5) is 14.5. The third-order valence-corrected chi connectivity index (χ3v) is 5.70. The number of amides is 1. The number of hydrogen-bond donors (Lipinski definition) is 1. The van der Waals surface area contributed by atoms with Crippen molar-refractivity contribution >= 4 is 27.1 Å². The number of hydrogen-bond acceptors (Lipinski definition) is 4. The first-order valence-corrected chi connectivity index (χ1v) is 10.5. The van der Waals surface area contributed by atoms with Gasteiger partial charge in [0.05, 0.1) is 27.4 Å². The number of alkyl halides is 3. The van der Waals surface area contributed by atoms with E-state index in [1.165, 1.54) is 30.3 Å². The molecule has 0 atom stereocenters. The summed E-state index contributed by atoms with van der Waals surface area (Å²) in [5.41, 5.74) is -0.516. The summed E-state index contributed by atoms with van der Waals surface area (Å²) in [6.07, 6.45) is -1.77. The average molecular weight is 412 g/mol. The third-order valence-electron chi connectivity index (χ3n) is 4.55. The number of rotatable bonds is 4. The second kappa shape index (κ2) is 7.46. The zero-order valence-corrected chi connectivity index (χ0v) is 15.9. The maximum Gasteiger partial charge on any atom is 0.416 e. The Labute approximate surface area is 161 Å². The Kier molecular flexibility index (Phi) is 5.38. The van der Waals surface area contributed by atoms with Crippen LogP contribution in [0.5, 0.6) is 0 Å². The van der Waals surface area contributed by atoms with E-state index in [0.29, 0.717) is 18.8 Å². The van der Waals surface area contributed by atoms with Crippen LogP contribution in [0.25, 0.3) is 0 Å². The molecule has 0 aromatic heterocycles. The first kappa shape index (κ1) is 20.2. The monoisotopic (exact) mass is 412 g/mol. The van der Waals surface area contributed by atoms with Crippen molar-refractivity contribution in [2.24, 2.45) is 0 Å². The van der Waals surface area contributed by atoms with Gasteiger partial charge in [0, 0.05) is 19.3 Å². The summed E-state index contributed by atoms with van der Waals surface area (Å²) in [5, 5.41) is 2.48. The predicted molar refractivity (Wildman–Crippen MR) is 100 cm³/mol. The molecule has 0 radical (unpaired) electrons. The number of carbonyl (C=O) groups excluding carboxylic acids is 1. The van der Waals surface area contributed by atoms with Gasteiger partial charge in [-0.1, -0.05) is 12.1 Å². The normalized spacial score (nSPS) is 14.9. The van der Waals surface area contributed by atoms with E-state index in [2.05, 4.69) is 5.32 Å². The molecule has 9 heteroatoms. The number of benzene rings is 2. The zero-order valence-electron chi connectivity index (χ0n) is 15.1. The lowest BCUT2D eigenvalue weighted by molar-refractivity contribution is -0.137. The number of sulfone groups is 1. The minimum absolute atomic E-state index is 0.00466. The number of nitrogens with one attached hydrogen (secondary N) is 1. The van der Waals surface area contributed by atoms with Crippen LogP contribution in [-0.4, -0.2) is 33.7 Å². The van der Waals surface area contributed by atoms with Crippen LogP contribution < -0.4 is 10.2 Å². The van der Waals surface area contributed by atoms with Gasteiger partial charge in [0.1, 0.15) is 0 Å². The Hall–Kier alpha value is -2.55. The fourth-order valence-electron chi connectivity index (χ4n) is 3.21. The number of carbonyl (C=O) groups is 1. The van der Waals surface area contributed by atoms with Gasteiger partial charge in [-0.05, 0) is 43.2 Å². The maximum atomic E-state index is 13.2. The standard InChI is InChI=1S/C19H19F3N2O3S/c1-28(26,27)17-7-3-2-6-14(17)18(25)23-15-12-13(19(20,21)22)8-9-16(15)24-10-4-5-11-24/h2-3,6-9,12H,4-5,10-11H2,1H3,(H,23,25). The lowest BCUT2D eigenvalue weighted by Crippen LogP contribution is -2.22. The Balaban J connectivity index is 2.02. The van der Waals surface area contributed by atoms with E-state index >= 15 is 0 Å². The Morgan fingerprint density at radius 1 is 1.07 bits per heavy atom. The van der Waals surface area contributed by atoms with Gasteiger partial charge in [0.15, 0.2) is 9.84 Å². The molecule has 1 aliphatic heterocycles. The van der Waals surface area contributed by atoms with E-state index < -0.39 is 27.5 Å². The van der Waals surface area contributed by atoms with E-state index in [-0.39, 0.29) is 16.1 Å². The molecule has 1 N–H and O–H groups in total. The fraction of sp³-hybridized carbons (Fsp3) is 0.316. The Morgan fingerprint density at radius 2 is 1.71 bits per heavy atom. The van der Waals surface area contributed by atoms with Gasteiger partial charge in [-0.25, -0.2) is 8.42 Å². The van der Waals surface area contributed by atoms with Gasteiger partial charge < -0.3 is 10.2 Å². The molecule has 5 nitrogen and oxygen atoms in total. The van der Waals surface area contributed by atoms with Gasteiger partial charge in [0.2, 0.25) is 0 Å². The number of anilines is 2. The molecule has 0 aliphatic carbocycles. The molecule has 3 rings (SSSR count). The largest absolute Gasteiger partial charge is 0.416 e. The summed E-state index contributed by atoms with van der Waals surface area (Å²) < 4.78 is 63.3. The molecule has 150 valence electrons. The van der Waals surface area contributed by atoms with Crippen molar-refractivity contribution < 1.29 is 26.4 Å². The van der Waals surface area contributed by atoms with E-state index in [1.54, 1.807) is 0 Å². The summed E-state index contributed by atoms with van der Waals surface area (Å²) in [5.74, 6) is -0.777. The quantitative estimate of drug-likeness (QED) is 0.826. The lowest BCUT2D eigenvalue weighted by Gasteiger charge is -2.23. The van der Waals surface area contributed by atoms with Crippen LogP contribution in [0.3, 0.4) is 0 Å². The van der Waals surface area contributed by atoms with E-state index in [0.717, 1.165) is 31.2 Å². The van der Waals surface area contributed by atoms with Crippen LogP contribution >= 0.6 is 0 Å². The highest BCUT2D eigenvalue weighted by Gasteiger charge is 2.32. The van der Waals surface area contributed by atoms with Crippen molar-refractivity contribution in [1.82, 2.24) is 0 Å². The molecule has 0 unspecified atom stereocenters. The fourth-order valence-corrected chi connectivity index (χ4v) is 4.10. The van der Waals surface area contributed by atoms with Crippen molar-refractivity contribution in [3.63, 3.8) is 0 Å². The zero-order chi connectivity index (χ0) is 20.5. The second-order valence-corrected chi connectivity index (χ2v) is 8.63. The van der Waals surface area contributed by atoms with Crippen molar-refractivity contribution in [2.45, 2.75) is 23.9 Å². The Morgan fingerprint density at radius 3 is 2.32 bits per heavy atom. The van der Waals surface area contributed by atoms with Crippen LogP contribution in [-0.2, 0) is 16.0 Å². The molecule has 2 aromatic rings. The van der Waals surface area contributed by atoms with Gasteiger partial charge in [-0.2, -0.15) is 13.2 Å².